The van der Waals surface area contributed by atoms with Crippen LogP contribution in [0.2, 0.25) is 0 Å². The number of nitrogens with zero attached hydrogens (tertiary/aromatic N) is 1. The van der Waals surface area contributed by atoms with E-state index in [-0.39, 0.29) is 12.5 Å². The predicted molar refractivity (Wildman–Crippen MR) is 52.8 cm³/mol. The Morgan fingerprint density at radius 1 is 1.77 bits per heavy atom. The van der Waals surface area contributed by atoms with Crippen LogP contribution in [0, 0.1) is 0 Å². The molecule has 1 aromatic heterocycles. The molecule has 0 aliphatic rings. The number of hydrogen-bond acceptors (Lipinski definition) is 4. The van der Waals surface area contributed by atoms with Crippen molar-refractivity contribution in [3.63, 3.8) is 0 Å². The molecule has 72 valence electrons. The molecule has 0 aliphatic heterocycles. The van der Waals surface area contributed by atoms with E-state index in [2.05, 4.69) is 0 Å². The lowest BCUT2D eigenvalue weighted by atomic mass is 10.3. The monoisotopic (exact) mass is 200 g/mol. The van der Waals surface area contributed by atoms with E-state index >= 15 is 0 Å². The van der Waals surface area contributed by atoms with E-state index in [1.54, 1.807) is 18.5 Å². The molecule has 0 fully saturated rings. The molecule has 0 bridgehead atoms. The van der Waals surface area contributed by atoms with Crippen LogP contribution in [0.15, 0.2) is 11.4 Å². The molecule has 3 N–H and O–H groups in total. The van der Waals surface area contributed by atoms with Gasteiger partial charge >= 0.3 is 0 Å². The Labute approximate surface area is 80.6 Å². The van der Waals surface area contributed by atoms with Crippen molar-refractivity contribution in [2.45, 2.75) is 0 Å². The van der Waals surface area contributed by atoms with Crippen molar-refractivity contribution >= 4 is 22.9 Å². The quantitative estimate of drug-likeness (QED) is 0.742. The third-order valence-electron chi connectivity index (χ3n) is 1.67. The largest absolute Gasteiger partial charge is 0.397 e. The van der Waals surface area contributed by atoms with Gasteiger partial charge in [0.05, 0.1) is 12.3 Å². The molecule has 0 aliphatic carbocycles. The molecular weight excluding hydrogens is 188 g/mol. The highest BCUT2D eigenvalue weighted by Crippen LogP contribution is 2.19. The minimum Gasteiger partial charge on any atom is -0.397 e. The summed E-state index contributed by atoms with van der Waals surface area (Å²) in [5.41, 5.74) is 6.08. The lowest BCUT2D eigenvalue weighted by Gasteiger charge is -2.14. The number of rotatable bonds is 3. The van der Waals surface area contributed by atoms with Crippen LogP contribution in [0.3, 0.4) is 0 Å². The smallest absolute Gasteiger partial charge is 0.265 e. The second kappa shape index (κ2) is 4.25. The number of carbonyl (C=O) groups is 1. The van der Waals surface area contributed by atoms with Crippen LogP contribution < -0.4 is 5.73 Å². The van der Waals surface area contributed by atoms with E-state index in [9.17, 15) is 4.79 Å². The Balaban J connectivity index is 2.73. The zero-order chi connectivity index (χ0) is 9.84. The normalized spacial score (nSPS) is 10.0. The Morgan fingerprint density at radius 2 is 2.46 bits per heavy atom. The second-order valence-corrected chi connectivity index (χ2v) is 3.57. The Morgan fingerprint density at radius 3 is 2.92 bits per heavy atom. The zero-order valence-corrected chi connectivity index (χ0v) is 8.17. The van der Waals surface area contributed by atoms with Crippen molar-refractivity contribution in [1.29, 1.82) is 0 Å². The molecule has 0 unspecified atom stereocenters. The fraction of sp³-hybridized carbons (Fsp3) is 0.375. The molecule has 0 radical (unpaired) electrons. The van der Waals surface area contributed by atoms with E-state index in [1.165, 1.54) is 16.2 Å². The first kappa shape index (κ1) is 10.0. The third-order valence-corrected chi connectivity index (χ3v) is 2.59. The van der Waals surface area contributed by atoms with Gasteiger partial charge in [-0.3, -0.25) is 4.79 Å². The number of likely N-dealkylation sites (N-methyl/N-ethyl adjacent to an activating group) is 1. The van der Waals surface area contributed by atoms with Gasteiger partial charge in [-0.25, -0.2) is 0 Å². The summed E-state index contributed by atoms with van der Waals surface area (Å²) in [6, 6.07) is 1.70. The van der Waals surface area contributed by atoms with Gasteiger partial charge < -0.3 is 15.7 Å². The minimum atomic E-state index is -0.137. The number of amides is 1. The Kier molecular flexibility index (Phi) is 3.27. The fourth-order valence-electron chi connectivity index (χ4n) is 0.918. The summed E-state index contributed by atoms with van der Waals surface area (Å²) in [5, 5.41) is 10.4. The van der Waals surface area contributed by atoms with Crippen LogP contribution in [0.4, 0.5) is 5.69 Å². The van der Waals surface area contributed by atoms with Crippen LogP contribution in [-0.4, -0.2) is 36.1 Å². The van der Waals surface area contributed by atoms with Crippen molar-refractivity contribution in [1.82, 2.24) is 4.90 Å². The first-order valence-corrected chi connectivity index (χ1v) is 4.74. The maximum atomic E-state index is 11.6. The van der Waals surface area contributed by atoms with Crippen molar-refractivity contribution in [3.8, 4) is 0 Å². The highest BCUT2D eigenvalue weighted by molar-refractivity contribution is 7.12. The number of nitrogens with two attached hydrogens (primary N) is 1. The molecule has 1 heterocycles. The summed E-state index contributed by atoms with van der Waals surface area (Å²) in [6.07, 6.45) is 0. The Hall–Kier alpha value is -1.07. The molecule has 0 spiro atoms. The van der Waals surface area contributed by atoms with Gasteiger partial charge in [-0.1, -0.05) is 0 Å². The zero-order valence-electron chi connectivity index (χ0n) is 7.36. The van der Waals surface area contributed by atoms with Crippen molar-refractivity contribution < 1.29 is 9.90 Å². The van der Waals surface area contributed by atoms with Gasteiger partial charge in [0.1, 0.15) is 4.88 Å². The van der Waals surface area contributed by atoms with Crippen LogP contribution in [0.1, 0.15) is 9.67 Å². The van der Waals surface area contributed by atoms with Crippen molar-refractivity contribution in [3.05, 3.63) is 16.3 Å². The average molecular weight is 200 g/mol. The summed E-state index contributed by atoms with van der Waals surface area (Å²) in [7, 11) is 1.64. The summed E-state index contributed by atoms with van der Waals surface area (Å²) in [6.45, 7) is 0.295. The first-order valence-electron chi connectivity index (χ1n) is 3.86. The minimum absolute atomic E-state index is 0.0342. The lowest BCUT2D eigenvalue weighted by Crippen LogP contribution is -2.29. The van der Waals surface area contributed by atoms with E-state index in [4.69, 9.17) is 10.8 Å². The van der Waals surface area contributed by atoms with Gasteiger partial charge in [0.2, 0.25) is 0 Å². The molecule has 4 nitrogen and oxygen atoms in total. The average Bonchev–Trinajstić information content (AvgIpc) is 2.50. The van der Waals surface area contributed by atoms with Crippen LogP contribution in [0.25, 0.3) is 0 Å². The van der Waals surface area contributed by atoms with E-state index in [1.807, 2.05) is 0 Å². The molecule has 0 atom stereocenters. The van der Waals surface area contributed by atoms with Gasteiger partial charge in [0.25, 0.3) is 5.91 Å². The molecular formula is C8H12N2O2S. The molecule has 5 heteroatoms. The molecule has 0 aromatic carbocycles. The number of hydrogen-bond donors (Lipinski definition) is 2. The highest BCUT2D eigenvalue weighted by atomic mass is 32.1. The van der Waals surface area contributed by atoms with E-state index in [0.29, 0.717) is 17.1 Å². The number of carbonyl (C=O) groups excluding carboxylic acids is 1. The maximum Gasteiger partial charge on any atom is 0.265 e. The molecule has 0 saturated carbocycles. The van der Waals surface area contributed by atoms with Crippen LogP contribution in [-0.2, 0) is 0 Å². The molecule has 1 aromatic rings. The summed E-state index contributed by atoms with van der Waals surface area (Å²) < 4.78 is 0. The number of anilines is 1. The van der Waals surface area contributed by atoms with Gasteiger partial charge in [-0.05, 0) is 11.4 Å². The number of aliphatic hydroxyl groups is 1. The molecule has 1 amide bonds. The number of nitrogen functional groups attached to an aromatic ring is 1. The van der Waals surface area contributed by atoms with Crippen LogP contribution >= 0.6 is 11.3 Å². The topological polar surface area (TPSA) is 66.6 Å². The van der Waals surface area contributed by atoms with Gasteiger partial charge in [-0.2, -0.15) is 0 Å². The summed E-state index contributed by atoms with van der Waals surface area (Å²) >= 11 is 1.31. The number of thiophene rings is 1. The predicted octanol–water partition coefficient (Wildman–Crippen LogP) is 0.395. The molecule has 0 saturated heterocycles. The van der Waals surface area contributed by atoms with Gasteiger partial charge in [0, 0.05) is 13.6 Å². The maximum absolute atomic E-state index is 11.6. The SMILES string of the molecule is CN(CCO)C(=O)c1sccc1N. The van der Waals surface area contributed by atoms with Crippen molar-refractivity contribution in [2.75, 3.05) is 25.9 Å². The molecule has 1 rings (SSSR count). The Bertz CT molecular complexity index is 298. The van der Waals surface area contributed by atoms with Crippen molar-refractivity contribution in [2.24, 2.45) is 0 Å². The highest BCUT2D eigenvalue weighted by Gasteiger charge is 2.14. The number of aliphatic hydroxyl groups excluding tert-OH is 1. The first-order chi connectivity index (χ1) is 6.16. The summed E-state index contributed by atoms with van der Waals surface area (Å²) in [5.74, 6) is -0.137. The summed E-state index contributed by atoms with van der Waals surface area (Å²) in [4.78, 5) is 13.5. The lowest BCUT2D eigenvalue weighted by molar-refractivity contribution is 0.0772. The second-order valence-electron chi connectivity index (χ2n) is 2.66. The van der Waals surface area contributed by atoms with E-state index in [0.717, 1.165) is 0 Å². The van der Waals surface area contributed by atoms with Gasteiger partial charge in [0.15, 0.2) is 0 Å². The van der Waals surface area contributed by atoms with Crippen LogP contribution in [0.5, 0.6) is 0 Å². The van der Waals surface area contributed by atoms with E-state index < -0.39 is 0 Å². The van der Waals surface area contributed by atoms with Gasteiger partial charge in [-0.15, -0.1) is 11.3 Å². The molecule has 13 heavy (non-hydrogen) atoms. The third kappa shape index (κ3) is 2.19. The fourth-order valence-corrected chi connectivity index (χ4v) is 1.73. The standard InChI is InChI=1S/C8H12N2O2S/c1-10(3-4-11)8(12)7-6(9)2-5-13-7/h2,5,11H,3-4,9H2,1H3.